The summed E-state index contributed by atoms with van der Waals surface area (Å²) < 4.78 is 0. The first-order valence-corrected chi connectivity index (χ1v) is 14.8. The number of rotatable bonds is 6. The Bertz CT molecular complexity index is 550. The van der Waals surface area contributed by atoms with Gasteiger partial charge in [0.1, 0.15) is 0 Å². The van der Waals surface area contributed by atoms with Crippen molar-refractivity contribution in [2.75, 3.05) is 0 Å². The van der Waals surface area contributed by atoms with E-state index in [1.165, 1.54) is 25.7 Å². The smallest absolute Gasteiger partial charge is 0.0143 e. The van der Waals surface area contributed by atoms with Gasteiger partial charge in [-0.25, -0.2) is 0 Å². The molecule has 2 saturated heterocycles. The Morgan fingerprint density at radius 3 is 1.11 bits per heavy atom. The molecule has 0 N–H and O–H groups in total. The van der Waals surface area contributed by atoms with Gasteiger partial charge in [-0.2, -0.15) is 0 Å². The van der Waals surface area contributed by atoms with Crippen LogP contribution in [0.1, 0.15) is 81.1 Å². The molecule has 3 rings (SSSR count). The minimum absolute atomic E-state index is 0.0254. The third-order valence-electron chi connectivity index (χ3n) is 7.45. The van der Waals surface area contributed by atoms with Crippen molar-refractivity contribution in [3.8, 4) is 0 Å². The van der Waals surface area contributed by atoms with Gasteiger partial charge in [0.05, 0.1) is 0 Å². The van der Waals surface area contributed by atoms with Gasteiger partial charge in [-0.05, 0) is 88.7 Å². The van der Waals surface area contributed by atoms with Gasteiger partial charge < -0.3 is 0 Å². The Morgan fingerprint density at radius 2 is 0.857 bits per heavy atom. The lowest BCUT2D eigenvalue weighted by Gasteiger charge is -2.34. The van der Waals surface area contributed by atoms with E-state index in [0.29, 0.717) is 0 Å². The summed E-state index contributed by atoms with van der Waals surface area (Å²) in [5.41, 5.74) is 3.71. The van der Waals surface area contributed by atoms with Gasteiger partial charge in [0.25, 0.3) is 0 Å². The summed E-state index contributed by atoms with van der Waals surface area (Å²) in [6, 6.07) is 10.2. The molecule has 2 fully saturated rings. The van der Waals surface area contributed by atoms with E-state index in [4.69, 9.17) is 0 Å². The molecule has 0 aromatic heterocycles. The average molecular weight is 419 g/mol. The van der Waals surface area contributed by atoms with Crippen LogP contribution in [0.3, 0.4) is 0 Å². The third-order valence-corrected chi connectivity index (χ3v) is 15.5. The minimum atomic E-state index is -0.0254. The largest absolute Gasteiger partial charge is 0.0684 e. The molecular formula is C26H44P2. The maximum atomic E-state index is 2.73. The van der Waals surface area contributed by atoms with Gasteiger partial charge in [-0.15, -0.1) is 0 Å². The van der Waals surface area contributed by atoms with Crippen LogP contribution >= 0.6 is 15.8 Å². The highest BCUT2D eigenvalue weighted by Gasteiger charge is 2.42. The van der Waals surface area contributed by atoms with E-state index in [2.05, 4.69) is 79.7 Å². The Labute approximate surface area is 178 Å². The Kier molecular flexibility index (Phi) is 7.70. The van der Waals surface area contributed by atoms with Crippen LogP contribution < -0.4 is 10.6 Å². The lowest BCUT2D eigenvalue weighted by molar-refractivity contribution is 0.543. The maximum Gasteiger partial charge on any atom is -0.0143 e. The van der Waals surface area contributed by atoms with Crippen LogP contribution in [0.2, 0.25) is 0 Å². The number of benzene rings is 1. The van der Waals surface area contributed by atoms with Crippen molar-refractivity contribution < 1.29 is 0 Å². The molecule has 0 saturated carbocycles. The standard InChI is InChI=1S/C26H44P2/c1-17(2)23-12-13-24(18(3)4)27(23)21-10-9-11-22(16-21)28-25(19(5)6)14-15-26(28)20(7)8/h9-11,16-20,23-26H,12-15H2,1-8H3/t23-,24-,25-,26-/m0/s1. The van der Waals surface area contributed by atoms with Crippen LogP contribution in [0.4, 0.5) is 0 Å². The molecule has 4 atom stereocenters. The van der Waals surface area contributed by atoms with E-state index in [0.717, 1.165) is 46.3 Å². The summed E-state index contributed by atoms with van der Waals surface area (Å²) in [5, 5.41) is 3.48. The van der Waals surface area contributed by atoms with Gasteiger partial charge in [0.15, 0.2) is 0 Å². The molecule has 2 aliphatic rings. The third kappa shape index (κ3) is 4.54. The molecular weight excluding hydrogens is 374 g/mol. The monoisotopic (exact) mass is 418 g/mol. The number of hydrogen-bond acceptors (Lipinski definition) is 0. The highest BCUT2D eigenvalue weighted by atomic mass is 31.1. The summed E-state index contributed by atoms with van der Waals surface area (Å²) in [6.07, 6.45) is 5.81. The second-order valence-corrected chi connectivity index (χ2v) is 16.0. The Balaban J connectivity index is 1.98. The van der Waals surface area contributed by atoms with Crippen LogP contribution in [0.25, 0.3) is 0 Å². The van der Waals surface area contributed by atoms with Gasteiger partial charge >= 0.3 is 0 Å². The van der Waals surface area contributed by atoms with Crippen molar-refractivity contribution in [1.82, 2.24) is 0 Å². The topological polar surface area (TPSA) is 0 Å². The van der Waals surface area contributed by atoms with E-state index < -0.39 is 0 Å². The zero-order valence-electron chi connectivity index (χ0n) is 19.7. The van der Waals surface area contributed by atoms with Crippen LogP contribution in [-0.4, -0.2) is 22.6 Å². The van der Waals surface area contributed by atoms with E-state index in [1.54, 1.807) is 10.6 Å². The second-order valence-electron chi connectivity index (χ2n) is 10.7. The molecule has 1 aromatic rings. The van der Waals surface area contributed by atoms with Crippen molar-refractivity contribution in [3.05, 3.63) is 24.3 Å². The lowest BCUT2D eigenvalue weighted by Crippen LogP contribution is -2.26. The summed E-state index contributed by atoms with van der Waals surface area (Å²) in [7, 11) is -0.0508. The minimum Gasteiger partial charge on any atom is -0.0684 e. The zero-order valence-corrected chi connectivity index (χ0v) is 21.4. The second kappa shape index (κ2) is 9.48. The molecule has 0 aliphatic carbocycles. The summed E-state index contributed by atoms with van der Waals surface area (Å²) in [4.78, 5) is 0. The zero-order chi connectivity index (χ0) is 20.6. The summed E-state index contributed by atoms with van der Waals surface area (Å²) in [5.74, 6) is 3.29. The van der Waals surface area contributed by atoms with E-state index in [9.17, 15) is 0 Å². The highest BCUT2D eigenvalue weighted by molar-refractivity contribution is 7.69. The molecule has 0 radical (unpaired) electrons. The van der Waals surface area contributed by atoms with Gasteiger partial charge in [-0.3, -0.25) is 0 Å². The molecule has 2 aliphatic heterocycles. The molecule has 2 heteroatoms. The fraction of sp³-hybridized carbons (Fsp3) is 0.769. The molecule has 158 valence electrons. The molecule has 1 aromatic carbocycles. The molecule has 2 heterocycles. The van der Waals surface area contributed by atoms with Gasteiger partial charge in [0, 0.05) is 0 Å². The molecule has 0 bridgehead atoms. The normalized spacial score (nSPS) is 29.9. The van der Waals surface area contributed by atoms with Crippen molar-refractivity contribution in [2.24, 2.45) is 23.7 Å². The predicted molar refractivity (Wildman–Crippen MR) is 133 cm³/mol. The fourth-order valence-corrected chi connectivity index (χ4v) is 13.9. The van der Waals surface area contributed by atoms with Crippen LogP contribution in [-0.2, 0) is 0 Å². The van der Waals surface area contributed by atoms with Gasteiger partial charge in [-0.1, -0.05) is 89.4 Å². The maximum absolute atomic E-state index is 2.73. The average Bonchev–Trinajstić information content (AvgIpc) is 3.26. The molecule has 0 nitrogen and oxygen atoms in total. The van der Waals surface area contributed by atoms with E-state index in [1.807, 2.05) is 0 Å². The van der Waals surface area contributed by atoms with Crippen molar-refractivity contribution in [1.29, 1.82) is 0 Å². The Morgan fingerprint density at radius 1 is 0.571 bits per heavy atom. The van der Waals surface area contributed by atoms with E-state index in [-0.39, 0.29) is 15.8 Å². The number of hydrogen-bond donors (Lipinski definition) is 0. The van der Waals surface area contributed by atoms with Crippen molar-refractivity contribution in [3.63, 3.8) is 0 Å². The quantitative estimate of drug-likeness (QED) is 0.418. The van der Waals surface area contributed by atoms with Crippen molar-refractivity contribution in [2.45, 2.75) is 104 Å². The van der Waals surface area contributed by atoms with Crippen LogP contribution in [0, 0.1) is 23.7 Å². The van der Waals surface area contributed by atoms with Gasteiger partial charge in [0.2, 0.25) is 0 Å². The molecule has 0 spiro atoms. The molecule has 0 unspecified atom stereocenters. The first-order valence-electron chi connectivity index (χ1n) is 11.9. The predicted octanol–water partition coefficient (Wildman–Crippen LogP) is 7.59. The Hall–Kier alpha value is 0.0800. The molecule has 28 heavy (non-hydrogen) atoms. The SMILES string of the molecule is CC(C)[C@@H]1CC[C@@H](C(C)C)P1c1cccc(P2[C@H](C(C)C)CC[C@H]2C(C)C)c1. The first kappa shape index (κ1) is 22.8. The lowest BCUT2D eigenvalue weighted by atomic mass is 10.0. The van der Waals surface area contributed by atoms with E-state index >= 15 is 0 Å². The van der Waals surface area contributed by atoms with Crippen LogP contribution in [0.5, 0.6) is 0 Å². The first-order chi connectivity index (χ1) is 13.2. The molecule has 0 amide bonds. The fourth-order valence-electron chi connectivity index (χ4n) is 5.93. The highest BCUT2D eigenvalue weighted by Crippen LogP contribution is 2.61. The summed E-state index contributed by atoms with van der Waals surface area (Å²) in [6.45, 7) is 19.8. The van der Waals surface area contributed by atoms with Crippen LogP contribution in [0.15, 0.2) is 24.3 Å². The van der Waals surface area contributed by atoms with Crippen molar-refractivity contribution >= 4 is 26.5 Å². The summed E-state index contributed by atoms with van der Waals surface area (Å²) >= 11 is 0.